The lowest BCUT2D eigenvalue weighted by molar-refractivity contribution is 0.101. The van der Waals surface area contributed by atoms with Crippen molar-refractivity contribution in [2.24, 2.45) is 7.05 Å². The predicted molar refractivity (Wildman–Crippen MR) is 107 cm³/mol. The topological polar surface area (TPSA) is 76.0 Å². The zero-order valence-corrected chi connectivity index (χ0v) is 16.8. The van der Waals surface area contributed by atoms with E-state index in [4.69, 9.17) is 0 Å². The summed E-state index contributed by atoms with van der Waals surface area (Å²) in [6.45, 7) is 0. The number of hydrogen-bond acceptors (Lipinski definition) is 3. The first-order valence-electron chi connectivity index (χ1n) is 7.60. The summed E-state index contributed by atoms with van der Waals surface area (Å²) >= 11 is 6.71. The van der Waals surface area contributed by atoms with E-state index in [0.29, 0.717) is 11.4 Å². The van der Waals surface area contributed by atoms with Crippen molar-refractivity contribution in [2.75, 3.05) is 10.6 Å². The van der Waals surface area contributed by atoms with Crippen LogP contribution in [0.5, 0.6) is 0 Å². The molecule has 6 nitrogen and oxygen atoms in total. The molecular weight excluding hydrogens is 464 g/mol. The Kier molecular flexibility index (Phi) is 5.53. The van der Waals surface area contributed by atoms with Crippen molar-refractivity contribution < 1.29 is 9.59 Å². The highest BCUT2D eigenvalue weighted by atomic mass is 79.9. The third-order valence-corrected chi connectivity index (χ3v) is 4.50. The highest BCUT2D eigenvalue weighted by Crippen LogP contribution is 2.18. The van der Waals surface area contributed by atoms with Crippen LogP contribution in [0.1, 0.15) is 21.0 Å². The molecule has 1 heterocycles. The number of anilines is 2. The number of aromatic nitrogens is 2. The fourth-order valence-electron chi connectivity index (χ4n) is 2.31. The van der Waals surface area contributed by atoms with Crippen molar-refractivity contribution in [3.05, 3.63) is 74.9 Å². The number of rotatable bonds is 4. The van der Waals surface area contributed by atoms with Crippen molar-refractivity contribution in [3.8, 4) is 0 Å². The summed E-state index contributed by atoms with van der Waals surface area (Å²) in [5.74, 6) is -0.736. The number of carbonyl (C=O) groups excluding carboxylic acids is 2. The average molecular weight is 478 g/mol. The van der Waals surface area contributed by atoms with Crippen LogP contribution in [0.2, 0.25) is 0 Å². The maximum absolute atomic E-state index is 12.5. The minimum Gasteiger partial charge on any atom is -0.321 e. The maximum Gasteiger partial charge on any atom is 0.276 e. The van der Waals surface area contributed by atoms with Gasteiger partial charge in [-0.2, -0.15) is 5.10 Å². The molecule has 0 saturated heterocycles. The molecule has 2 aromatic carbocycles. The average Bonchev–Trinajstić information content (AvgIpc) is 2.97. The molecule has 0 atom stereocenters. The van der Waals surface area contributed by atoms with Crippen molar-refractivity contribution in [2.45, 2.75) is 0 Å². The number of amides is 2. The van der Waals surface area contributed by atoms with Gasteiger partial charge in [0.1, 0.15) is 5.69 Å². The second-order valence-electron chi connectivity index (χ2n) is 5.47. The maximum atomic E-state index is 12.5. The van der Waals surface area contributed by atoms with Gasteiger partial charge in [0.15, 0.2) is 5.69 Å². The van der Waals surface area contributed by atoms with Crippen LogP contribution in [-0.4, -0.2) is 21.6 Å². The fourth-order valence-corrected chi connectivity index (χ4v) is 3.11. The highest BCUT2D eigenvalue weighted by molar-refractivity contribution is 9.10. The summed E-state index contributed by atoms with van der Waals surface area (Å²) in [6.07, 6.45) is 0. The van der Waals surface area contributed by atoms with Crippen LogP contribution >= 0.6 is 31.9 Å². The van der Waals surface area contributed by atoms with Crippen LogP contribution in [0.15, 0.2) is 63.5 Å². The van der Waals surface area contributed by atoms with E-state index in [0.717, 1.165) is 8.95 Å². The van der Waals surface area contributed by atoms with E-state index in [-0.39, 0.29) is 23.2 Å². The lowest BCUT2D eigenvalue weighted by Gasteiger charge is -2.05. The van der Waals surface area contributed by atoms with Crippen LogP contribution in [0.3, 0.4) is 0 Å². The second kappa shape index (κ2) is 7.84. The molecule has 3 aromatic rings. The third-order valence-electron chi connectivity index (χ3n) is 3.51. The largest absolute Gasteiger partial charge is 0.321 e. The van der Waals surface area contributed by atoms with Gasteiger partial charge < -0.3 is 10.6 Å². The standard InChI is InChI=1S/C18H14Br2N4O2/c1-24-16(18(26)22-14-7-3-5-12(20)9-14)10-15(23-24)17(25)21-13-6-2-4-11(19)8-13/h2-10H,1H3,(H,21,25)(H,22,26). The van der Waals surface area contributed by atoms with E-state index >= 15 is 0 Å². The van der Waals surface area contributed by atoms with Gasteiger partial charge in [-0.25, -0.2) is 0 Å². The lowest BCUT2D eigenvalue weighted by Crippen LogP contribution is -2.15. The summed E-state index contributed by atoms with van der Waals surface area (Å²) in [5.41, 5.74) is 1.72. The van der Waals surface area contributed by atoms with Crippen LogP contribution in [-0.2, 0) is 7.05 Å². The Morgan fingerprint density at radius 3 is 1.96 bits per heavy atom. The normalized spacial score (nSPS) is 10.4. The molecule has 0 aliphatic carbocycles. The number of carbonyl (C=O) groups is 2. The first-order valence-corrected chi connectivity index (χ1v) is 9.19. The first kappa shape index (κ1) is 18.3. The highest BCUT2D eigenvalue weighted by Gasteiger charge is 2.18. The molecule has 0 aliphatic rings. The van der Waals surface area contributed by atoms with Gasteiger partial charge in [-0.1, -0.05) is 44.0 Å². The van der Waals surface area contributed by atoms with Gasteiger partial charge in [-0.15, -0.1) is 0 Å². The number of nitrogens with zero attached hydrogens (tertiary/aromatic N) is 2. The zero-order chi connectivity index (χ0) is 18.7. The van der Waals surface area contributed by atoms with Gasteiger partial charge in [0, 0.05) is 33.4 Å². The van der Waals surface area contributed by atoms with Crippen LogP contribution in [0.25, 0.3) is 0 Å². The molecule has 0 bridgehead atoms. The third kappa shape index (κ3) is 4.39. The molecule has 0 aliphatic heterocycles. The quantitative estimate of drug-likeness (QED) is 0.582. The predicted octanol–water partition coefficient (Wildman–Crippen LogP) is 4.45. The Bertz CT molecular complexity index is 985. The van der Waals surface area contributed by atoms with Crippen LogP contribution < -0.4 is 10.6 Å². The van der Waals surface area contributed by atoms with E-state index in [1.165, 1.54) is 10.7 Å². The minimum atomic E-state index is -0.389. The Labute approximate surface area is 166 Å². The van der Waals surface area contributed by atoms with E-state index < -0.39 is 0 Å². The number of halogens is 2. The Hall–Kier alpha value is -2.45. The first-order chi connectivity index (χ1) is 12.4. The molecule has 2 N–H and O–H groups in total. The number of hydrogen-bond donors (Lipinski definition) is 2. The van der Waals surface area contributed by atoms with E-state index in [1.54, 1.807) is 31.3 Å². The van der Waals surface area contributed by atoms with Gasteiger partial charge in [-0.05, 0) is 36.4 Å². The lowest BCUT2D eigenvalue weighted by atomic mass is 10.2. The van der Waals surface area contributed by atoms with Gasteiger partial charge in [0.05, 0.1) is 0 Å². The Balaban J connectivity index is 1.75. The zero-order valence-electron chi connectivity index (χ0n) is 13.7. The van der Waals surface area contributed by atoms with Crippen LogP contribution in [0.4, 0.5) is 11.4 Å². The molecule has 0 radical (unpaired) electrons. The molecule has 1 aromatic heterocycles. The van der Waals surface area contributed by atoms with Crippen molar-refractivity contribution in [1.82, 2.24) is 9.78 Å². The van der Waals surface area contributed by atoms with E-state index in [2.05, 4.69) is 47.6 Å². The van der Waals surface area contributed by atoms with E-state index in [9.17, 15) is 9.59 Å². The number of nitrogens with one attached hydrogen (secondary N) is 2. The number of benzene rings is 2. The SMILES string of the molecule is Cn1nc(C(=O)Nc2cccc(Br)c2)cc1C(=O)Nc1cccc(Br)c1. The minimum absolute atomic E-state index is 0.159. The van der Waals surface area contributed by atoms with Gasteiger partial charge >= 0.3 is 0 Å². The van der Waals surface area contributed by atoms with E-state index in [1.807, 2.05) is 24.3 Å². The molecule has 26 heavy (non-hydrogen) atoms. The van der Waals surface area contributed by atoms with Crippen LogP contribution in [0, 0.1) is 0 Å². The Morgan fingerprint density at radius 1 is 0.885 bits per heavy atom. The van der Waals surface area contributed by atoms with Crippen molar-refractivity contribution >= 4 is 55.0 Å². The summed E-state index contributed by atoms with van der Waals surface area (Å²) < 4.78 is 3.09. The molecule has 0 saturated carbocycles. The molecule has 3 rings (SSSR count). The smallest absolute Gasteiger partial charge is 0.276 e. The molecular formula is C18H14Br2N4O2. The summed E-state index contributed by atoms with van der Waals surface area (Å²) in [5, 5.41) is 9.67. The van der Waals surface area contributed by atoms with Crippen molar-refractivity contribution in [1.29, 1.82) is 0 Å². The van der Waals surface area contributed by atoms with Gasteiger partial charge in [-0.3, -0.25) is 14.3 Å². The van der Waals surface area contributed by atoms with Crippen molar-refractivity contribution in [3.63, 3.8) is 0 Å². The molecule has 0 fully saturated rings. The summed E-state index contributed by atoms with van der Waals surface area (Å²) in [6, 6.07) is 15.9. The molecule has 8 heteroatoms. The monoisotopic (exact) mass is 476 g/mol. The summed E-state index contributed by atoms with van der Waals surface area (Å²) in [7, 11) is 1.62. The molecule has 132 valence electrons. The summed E-state index contributed by atoms with van der Waals surface area (Å²) in [4.78, 5) is 24.8. The number of aryl methyl sites for hydroxylation is 1. The Morgan fingerprint density at radius 2 is 1.42 bits per heavy atom. The molecule has 0 unspecified atom stereocenters. The molecule has 0 spiro atoms. The fraction of sp³-hybridized carbons (Fsp3) is 0.0556. The second-order valence-corrected chi connectivity index (χ2v) is 7.30. The van der Waals surface area contributed by atoms with Gasteiger partial charge in [0.25, 0.3) is 11.8 Å². The molecule has 2 amide bonds. The van der Waals surface area contributed by atoms with Gasteiger partial charge in [0.2, 0.25) is 0 Å².